The van der Waals surface area contributed by atoms with Gasteiger partial charge in [0.25, 0.3) is 5.91 Å². The Morgan fingerprint density at radius 3 is 2.83 bits per heavy atom. The number of ether oxygens (including phenoxy) is 1. The fourth-order valence-electron chi connectivity index (χ4n) is 1.60. The molecule has 0 aliphatic heterocycles. The fourth-order valence-corrected chi connectivity index (χ4v) is 1.60. The second-order valence-corrected chi connectivity index (χ2v) is 4.17. The van der Waals surface area contributed by atoms with Crippen LogP contribution in [0.4, 0.5) is 5.69 Å². The molecule has 0 spiro atoms. The summed E-state index contributed by atoms with van der Waals surface area (Å²) in [7, 11) is 3.17. The second kappa shape index (κ2) is 5.92. The van der Waals surface area contributed by atoms with Gasteiger partial charge < -0.3 is 15.4 Å². The maximum Gasteiger partial charge on any atom is 0.253 e. The number of nitriles is 1. The molecule has 5 heteroatoms. The van der Waals surface area contributed by atoms with Crippen molar-refractivity contribution in [1.29, 1.82) is 5.26 Å². The molecule has 0 saturated heterocycles. The first-order valence-electron chi connectivity index (χ1n) is 5.58. The van der Waals surface area contributed by atoms with E-state index in [-0.39, 0.29) is 11.8 Å². The number of hydrogen-bond acceptors (Lipinski definition) is 4. The first-order chi connectivity index (χ1) is 8.49. The molecular formula is C13H17N3O2. The van der Waals surface area contributed by atoms with Crippen LogP contribution >= 0.6 is 0 Å². The van der Waals surface area contributed by atoms with E-state index in [9.17, 15) is 4.79 Å². The molecule has 1 rings (SSSR count). The van der Waals surface area contributed by atoms with Gasteiger partial charge in [0.2, 0.25) is 0 Å². The molecule has 96 valence electrons. The molecule has 0 aliphatic rings. The van der Waals surface area contributed by atoms with Gasteiger partial charge in [0.15, 0.2) is 0 Å². The molecule has 0 aromatic heterocycles. The van der Waals surface area contributed by atoms with Crippen molar-refractivity contribution in [3.63, 3.8) is 0 Å². The van der Waals surface area contributed by atoms with E-state index in [1.807, 2.05) is 0 Å². The van der Waals surface area contributed by atoms with Crippen molar-refractivity contribution in [2.45, 2.75) is 6.92 Å². The number of nitrogen functional groups attached to an aromatic ring is 1. The van der Waals surface area contributed by atoms with E-state index in [1.54, 1.807) is 32.2 Å². The van der Waals surface area contributed by atoms with Crippen molar-refractivity contribution in [3.05, 3.63) is 23.8 Å². The zero-order valence-electron chi connectivity index (χ0n) is 10.8. The summed E-state index contributed by atoms with van der Waals surface area (Å²) in [5, 5.41) is 8.73. The lowest BCUT2D eigenvalue weighted by atomic mass is 10.1. The normalized spacial score (nSPS) is 11.4. The molecule has 0 saturated carbocycles. The molecule has 0 radical (unpaired) electrons. The number of hydrogen-bond donors (Lipinski definition) is 1. The van der Waals surface area contributed by atoms with Crippen molar-refractivity contribution in [1.82, 2.24) is 4.90 Å². The van der Waals surface area contributed by atoms with E-state index >= 15 is 0 Å². The van der Waals surface area contributed by atoms with Crippen LogP contribution in [-0.2, 0) is 0 Å². The lowest BCUT2D eigenvalue weighted by Gasteiger charge is -2.18. The van der Waals surface area contributed by atoms with Crippen LogP contribution in [0.1, 0.15) is 17.3 Å². The average Bonchev–Trinajstić information content (AvgIpc) is 2.38. The molecule has 1 unspecified atom stereocenters. The molecule has 0 heterocycles. The van der Waals surface area contributed by atoms with Gasteiger partial charge in [-0.1, -0.05) is 0 Å². The number of anilines is 1. The van der Waals surface area contributed by atoms with E-state index in [1.165, 1.54) is 12.0 Å². The number of carbonyl (C=O) groups is 1. The Labute approximate surface area is 107 Å². The summed E-state index contributed by atoms with van der Waals surface area (Å²) in [5.74, 6) is 0.118. The molecule has 2 N–H and O–H groups in total. The molecule has 5 nitrogen and oxygen atoms in total. The fraction of sp³-hybridized carbons (Fsp3) is 0.385. The Bertz CT molecular complexity index is 480. The Morgan fingerprint density at radius 2 is 2.28 bits per heavy atom. The number of nitrogens with zero attached hydrogens (tertiary/aromatic N) is 2. The minimum Gasteiger partial charge on any atom is -0.495 e. The van der Waals surface area contributed by atoms with Gasteiger partial charge in [0.05, 0.1) is 24.8 Å². The van der Waals surface area contributed by atoms with Crippen LogP contribution in [0.15, 0.2) is 18.2 Å². The minimum atomic E-state index is -0.199. The third-order valence-corrected chi connectivity index (χ3v) is 2.60. The Kier molecular flexibility index (Phi) is 4.55. The van der Waals surface area contributed by atoms with Gasteiger partial charge in [0.1, 0.15) is 5.75 Å². The van der Waals surface area contributed by atoms with Crippen LogP contribution in [0.3, 0.4) is 0 Å². The number of carbonyl (C=O) groups excluding carboxylic acids is 1. The average molecular weight is 247 g/mol. The predicted octanol–water partition coefficient (Wildman–Crippen LogP) is 1.51. The van der Waals surface area contributed by atoms with Gasteiger partial charge in [0, 0.05) is 19.2 Å². The molecule has 18 heavy (non-hydrogen) atoms. The first-order valence-corrected chi connectivity index (χ1v) is 5.58. The summed E-state index contributed by atoms with van der Waals surface area (Å²) in [6.07, 6.45) is 0. The highest BCUT2D eigenvalue weighted by atomic mass is 16.5. The largest absolute Gasteiger partial charge is 0.495 e. The molecule has 1 amide bonds. The summed E-state index contributed by atoms with van der Waals surface area (Å²) in [6.45, 7) is 2.16. The highest BCUT2D eigenvalue weighted by Crippen LogP contribution is 2.22. The van der Waals surface area contributed by atoms with Gasteiger partial charge in [-0.15, -0.1) is 0 Å². The Hall–Kier alpha value is -2.22. The summed E-state index contributed by atoms with van der Waals surface area (Å²) < 4.78 is 5.07. The first kappa shape index (κ1) is 13.8. The minimum absolute atomic E-state index is 0.157. The molecule has 1 aromatic carbocycles. The third kappa shape index (κ3) is 3.14. The zero-order valence-corrected chi connectivity index (χ0v) is 10.8. The number of benzene rings is 1. The highest BCUT2D eigenvalue weighted by molar-refractivity contribution is 5.95. The van der Waals surface area contributed by atoms with Crippen LogP contribution in [0.25, 0.3) is 0 Å². The summed E-state index contributed by atoms with van der Waals surface area (Å²) in [4.78, 5) is 13.6. The molecule has 0 aliphatic carbocycles. The molecule has 0 bridgehead atoms. The van der Waals surface area contributed by atoms with Gasteiger partial charge in [-0.3, -0.25) is 4.79 Å². The maximum atomic E-state index is 12.1. The topological polar surface area (TPSA) is 79.3 Å². The number of nitrogens with two attached hydrogens (primary N) is 1. The lowest BCUT2D eigenvalue weighted by Crippen LogP contribution is -2.30. The van der Waals surface area contributed by atoms with E-state index in [4.69, 9.17) is 15.7 Å². The highest BCUT2D eigenvalue weighted by Gasteiger charge is 2.15. The van der Waals surface area contributed by atoms with Crippen molar-refractivity contribution in [3.8, 4) is 11.8 Å². The van der Waals surface area contributed by atoms with Gasteiger partial charge >= 0.3 is 0 Å². The maximum absolute atomic E-state index is 12.1. The Morgan fingerprint density at radius 1 is 1.61 bits per heavy atom. The van der Waals surface area contributed by atoms with Crippen LogP contribution in [0.2, 0.25) is 0 Å². The summed E-state index contributed by atoms with van der Waals surface area (Å²) in [6, 6.07) is 6.98. The van der Waals surface area contributed by atoms with Crippen LogP contribution in [-0.4, -0.2) is 31.5 Å². The van der Waals surface area contributed by atoms with Gasteiger partial charge in [-0.05, 0) is 25.1 Å². The number of amides is 1. The van der Waals surface area contributed by atoms with E-state index in [0.29, 0.717) is 23.5 Å². The third-order valence-electron chi connectivity index (χ3n) is 2.60. The van der Waals surface area contributed by atoms with Crippen molar-refractivity contribution < 1.29 is 9.53 Å². The zero-order chi connectivity index (χ0) is 13.7. The lowest BCUT2D eigenvalue weighted by molar-refractivity contribution is 0.0785. The molecular weight excluding hydrogens is 230 g/mol. The standard InChI is InChI=1S/C13H17N3O2/c1-9(7-14)8-16(2)13(17)10-4-5-11(15)12(6-10)18-3/h4-6,9H,8,15H2,1-3H3. The van der Waals surface area contributed by atoms with Gasteiger partial charge in [-0.2, -0.15) is 5.26 Å². The van der Waals surface area contributed by atoms with E-state index in [0.717, 1.165) is 0 Å². The van der Waals surface area contributed by atoms with Crippen LogP contribution in [0, 0.1) is 17.2 Å². The second-order valence-electron chi connectivity index (χ2n) is 4.17. The van der Waals surface area contributed by atoms with Crippen LogP contribution < -0.4 is 10.5 Å². The summed E-state index contributed by atoms with van der Waals surface area (Å²) >= 11 is 0. The SMILES string of the molecule is COc1cc(C(=O)N(C)CC(C)C#N)ccc1N. The molecule has 1 aromatic rings. The van der Waals surface area contributed by atoms with E-state index in [2.05, 4.69) is 6.07 Å². The van der Waals surface area contributed by atoms with E-state index < -0.39 is 0 Å². The van der Waals surface area contributed by atoms with Crippen molar-refractivity contribution in [2.75, 3.05) is 26.4 Å². The number of methoxy groups -OCH3 is 1. The van der Waals surface area contributed by atoms with Crippen molar-refractivity contribution in [2.24, 2.45) is 5.92 Å². The summed E-state index contributed by atoms with van der Waals surface area (Å²) in [5.41, 5.74) is 6.67. The number of rotatable bonds is 4. The molecule has 1 atom stereocenters. The van der Waals surface area contributed by atoms with Crippen molar-refractivity contribution >= 4 is 11.6 Å². The predicted molar refractivity (Wildman–Crippen MR) is 69.1 cm³/mol. The smallest absolute Gasteiger partial charge is 0.253 e. The van der Waals surface area contributed by atoms with Crippen LogP contribution in [0.5, 0.6) is 5.75 Å². The van der Waals surface area contributed by atoms with Gasteiger partial charge in [-0.25, -0.2) is 0 Å². The monoisotopic (exact) mass is 247 g/mol. The Balaban J connectivity index is 2.87. The molecule has 0 fully saturated rings. The quantitative estimate of drug-likeness (QED) is 0.818.